The van der Waals surface area contributed by atoms with Crippen molar-refractivity contribution in [1.82, 2.24) is 0 Å². The lowest BCUT2D eigenvalue weighted by molar-refractivity contribution is -0.384. The van der Waals surface area contributed by atoms with Crippen molar-refractivity contribution in [2.24, 2.45) is 17.3 Å². The van der Waals surface area contributed by atoms with Crippen molar-refractivity contribution in [3.05, 3.63) is 46.5 Å². The summed E-state index contributed by atoms with van der Waals surface area (Å²) < 4.78 is 20.0. The van der Waals surface area contributed by atoms with Crippen LogP contribution in [0, 0.1) is 27.4 Å². The van der Waals surface area contributed by atoms with Gasteiger partial charge in [-0.2, -0.15) is 0 Å². The van der Waals surface area contributed by atoms with Crippen molar-refractivity contribution in [3.8, 4) is 5.75 Å². The Balaban J connectivity index is 1.61. The summed E-state index contributed by atoms with van der Waals surface area (Å²) in [6.45, 7) is 0. The van der Waals surface area contributed by atoms with Crippen molar-refractivity contribution in [3.63, 3.8) is 0 Å². The van der Waals surface area contributed by atoms with Gasteiger partial charge in [-0.05, 0) is 49.3 Å². The molecule has 0 radical (unpaired) electrons. The van der Waals surface area contributed by atoms with E-state index in [4.69, 9.17) is 18.9 Å². The van der Waals surface area contributed by atoms with Crippen molar-refractivity contribution >= 4 is 23.8 Å². The predicted molar refractivity (Wildman–Crippen MR) is 100 cm³/mol. The molecule has 0 amide bonds. The van der Waals surface area contributed by atoms with Crippen LogP contribution in [0.5, 0.6) is 5.75 Å². The number of carbonyl (C=O) groups is 3. The van der Waals surface area contributed by atoms with Gasteiger partial charge >= 0.3 is 18.1 Å². The minimum absolute atomic E-state index is 0.109. The zero-order valence-corrected chi connectivity index (χ0v) is 16.4. The molecule has 10 heteroatoms. The summed E-state index contributed by atoms with van der Waals surface area (Å²) >= 11 is 0. The zero-order chi connectivity index (χ0) is 21.9. The van der Waals surface area contributed by atoms with E-state index in [2.05, 4.69) is 0 Å². The highest BCUT2D eigenvalue weighted by Crippen LogP contribution is 2.64. The van der Waals surface area contributed by atoms with Crippen molar-refractivity contribution in [2.75, 3.05) is 14.2 Å². The monoisotopic (exact) mass is 419 g/mol. The molecule has 10 nitrogen and oxygen atoms in total. The maximum absolute atomic E-state index is 12.3. The first-order valence-electron chi connectivity index (χ1n) is 9.31. The lowest BCUT2D eigenvalue weighted by Gasteiger charge is -2.16. The standard InChI is InChI=1S/C20H21NO9/c1-27-17(22)20(18(23)28-2)15-5-3-4-13(10-11-16(15)20)29-19(24)30-14-8-6-12(7-9-14)21(25)26/h3-4,6-9,13,15-16H,5,10-11H2,1-2H3/b4-3-/t13-,15-,16+/m0/s1. The number of allylic oxidation sites excluding steroid dienone is 1. The number of nitro benzene ring substituents is 1. The largest absolute Gasteiger partial charge is 0.514 e. The average Bonchev–Trinajstić information content (AvgIpc) is 3.35. The van der Waals surface area contributed by atoms with E-state index in [1.54, 1.807) is 12.2 Å². The molecular weight excluding hydrogens is 398 g/mol. The van der Waals surface area contributed by atoms with E-state index in [-0.39, 0.29) is 23.3 Å². The molecule has 0 unspecified atom stereocenters. The Labute approximate surface area is 171 Å². The summed E-state index contributed by atoms with van der Waals surface area (Å²) in [6, 6.07) is 5.02. The van der Waals surface area contributed by atoms with E-state index >= 15 is 0 Å². The Bertz CT molecular complexity index is 861. The topological polar surface area (TPSA) is 131 Å². The number of methoxy groups -OCH3 is 2. The van der Waals surface area contributed by atoms with Gasteiger partial charge in [0.05, 0.1) is 19.1 Å². The highest BCUT2D eigenvalue weighted by molar-refractivity contribution is 6.04. The van der Waals surface area contributed by atoms with Crippen LogP contribution in [0.3, 0.4) is 0 Å². The van der Waals surface area contributed by atoms with Crippen molar-refractivity contribution in [1.29, 1.82) is 0 Å². The molecule has 1 fully saturated rings. The highest BCUT2D eigenvalue weighted by atomic mass is 16.7. The number of nitro groups is 1. The summed E-state index contributed by atoms with van der Waals surface area (Å²) in [4.78, 5) is 46.8. The number of hydrogen-bond donors (Lipinski definition) is 0. The molecule has 1 aromatic carbocycles. The molecule has 0 heterocycles. The Morgan fingerprint density at radius 2 is 1.67 bits per heavy atom. The first-order chi connectivity index (χ1) is 14.3. The number of hydrogen-bond acceptors (Lipinski definition) is 9. The highest BCUT2D eigenvalue weighted by Gasteiger charge is 2.75. The quantitative estimate of drug-likeness (QED) is 0.134. The number of esters is 2. The Hall–Kier alpha value is -3.43. The molecule has 1 aromatic rings. The third-order valence-electron chi connectivity index (χ3n) is 5.59. The van der Waals surface area contributed by atoms with Crippen LogP contribution < -0.4 is 4.74 Å². The number of ether oxygens (including phenoxy) is 4. The molecule has 0 N–H and O–H groups in total. The van der Waals surface area contributed by atoms with Gasteiger partial charge in [-0.25, -0.2) is 4.79 Å². The SMILES string of the molecule is COC(=O)C1(C(=O)OC)[C@@H]2CC[C@@H](OC(=O)Oc3ccc([N+](=O)[O-])cc3)/C=C\C[C@@H]21. The first kappa shape index (κ1) is 21.3. The number of benzene rings is 1. The van der Waals surface area contributed by atoms with E-state index in [1.165, 1.54) is 38.5 Å². The van der Waals surface area contributed by atoms with E-state index < -0.39 is 34.5 Å². The molecule has 3 atom stereocenters. The van der Waals surface area contributed by atoms with Crippen LogP contribution in [0.4, 0.5) is 10.5 Å². The fourth-order valence-corrected chi connectivity index (χ4v) is 4.14. The third kappa shape index (κ3) is 3.85. The molecular formula is C20H21NO9. The maximum atomic E-state index is 12.3. The molecule has 160 valence electrons. The number of rotatable bonds is 5. The normalized spacial score (nSPS) is 24.8. The number of nitrogens with zero attached hydrogens (tertiary/aromatic N) is 1. The molecule has 3 rings (SSSR count). The van der Waals surface area contributed by atoms with E-state index in [0.717, 1.165) is 0 Å². The first-order valence-corrected chi connectivity index (χ1v) is 9.31. The Morgan fingerprint density at radius 3 is 2.23 bits per heavy atom. The van der Waals surface area contributed by atoms with Gasteiger partial charge in [0.2, 0.25) is 0 Å². The molecule has 1 saturated carbocycles. The van der Waals surface area contributed by atoms with Crippen molar-refractivity contribution in [2.45, 2.75) is 25.4 Å². The number of fused-ring (bicyclic) bond motifs is 1. The molecule has 0 spiro atoms. The van der Waals surface area contributed by atoms with Gasteiger partial charge in [0.25, 0.3) is 5.69 Å². The van der Waals surface area contributed by atoms with E-state index in [0.29, 0.717) is 19.3 Å². The fourth-order valence-electron chi connectivity index (χ4n) is 4.14. The second kappa shape index (κ2) is 8.52. The molecule has 0 bridgehead atoms. The predicted octanol–water partition coefficient (Wildman–Crippen LogP) is 2.80. The van der Waals surface area contributed by atoms with E-state index in [9.17, 15) is 24.5 Å². The molecule has 30 heavy (non-hydrogen) atoms. The minimum atomic E-state index is -1.32. The van der Waals surface area contributed by atoms with Gasteiger partial charge in [0, 0.05) is 12.1 Å². The smallest absolute Gasteiger partial charge is 0.468 e. The van der Waals surface area contributed by atoms with Crippen LogP contribution >= 0.6 is 0 Å². The summed E-state index contributed by atoms with van der Waals surface area (Å²) in [6.07, 6.45) is 3.15. The van der Waals surface area contributed by atoms with E-state index in [1.807, 2.05) is 0 Å². The van der Waals surface area contributed by atoms with Gasteiger partial charge in [-0.15, -0.1) is 0 Å². The molecule has 2 aliphatic carbocycles. The van der Waals surface area contributed by atoms with Gasteiger partial charge < -0.3 is 18.9 Å². The number of carbonyl (C=O) groups excluding carboxylic acids is 3. The second-order valence-electron chi connectivity index (χ2n) is 7.07. The van der Waals surface area contributed by atoms with Gasteiger partial charge in [-0.3, -0.25) is 19.7 Å². The van der Waals surface area contributed by atoms with Crippen LogP contribution in [0.1, 0.15) is 19.3 Å². The summed E-state index contributed by atoms with van der Waals surface area (Å²) in [5, 5.41) is 10.7. The molecule has 0 saturated heterocycles. The molecule has 0 aliphatic heterocycles. The van der Waals surface area contributed by atoms with Gasteiger partial charge in [0.1, 0.15) is 11.9 Å². The van der Waals surface area contributed by atoms with Gasteiger partial charge in [0.15, 0.2) is 5.41 Å². The Kier molecular flexibility index (Phi) is 6.04. The minimum Gasteiger partial charge on any atom is -0.468 e. The molecule has 0 aromatic heterocycles. The van der Waals surface area contributed by atoms with Crippen LogP contribution in [-0.4, -0.2) is 43.3 Å². The number of non-ortho nitro benzene ring substituents is 1. The zero-order valence-electron chi connectivity index (χ0n) is 16.4. The third-order valence-corrected chi connectivity index (χ3v) is 5.59. The summed E-state index contributed by atoms with van der Waals surface area (Å²) in [5.41, 5.74) is -1.44. The summed E-state index contributed by atoms with van der Waals surface area (Å²) in [7, 11) is 2.46. The second-order valence-corrected chi connectivity index (χ2v) is 7.07. The van der Waals surface area contributed by atoms with Crippen LogP contribution in [0.15, 0.2) is 36.4 Å². The van der Waals surface area contributed by atoms with Crippen LogP contribution in [-0.2, 0) is 23.8 Å². The maximum Gasteiger partial charge on any atom is 0.514 e. The van der Waals surface area contributed by atoms with Gasteiger partial charge in [-0.1, -0.05) is 6.08 Å². The average molecular weight is 419 g/mol. The lowest BCUT2D eigenvalue weighted by atomic mass is 10.00. The molecule has 2 aliphatic rings. The van der Waals surface area contributed by atoms with Crippen LogP contribution in [0.25, 0.3) is 0 Å². The fraction of sp³-hybridized carbons (Fsp3) is 0.450. The summed E-state index contributed by atoms with van der Waals surface area (Å²) in [5.74, 6) is -1.61. The van der Waals surface area contributed by atoms with Crippen LogP contribution in [0.2, 0.25) is 0 Å². The van der Waals surface area contributed by atoms with Crippen molar-refractivity contribution < 1.29 is 38.3 Å². The lowest BCUT2D eigenvalue weighted by Crippen LogP contribution is -2.32. The Morgan fingerprint density at radius 1 is 1.03 bits per heavy atom.